The van der Waals surface area contributed by atoms with Crippen LogP contribution in [-0.4, -0.2) is 31.7 Å². The number of hydrogen-bond acceptors (Lipinski definition) is 3. The third kappa shape index (κ3) is 3.18. The van der Waals surface area contributed by atoms with E-state index in [2.05, 4.69) is 46.5 Å². The van der Waals surface area contributed by atoms with Crippen molar-refractivity contribution in [2.45, 2.75) is 50.9 Å². The molecule has 0 fully saturated rings. The molecule has 3 heterocycles. The van der Waals surface area contributed by atoms with Crippen LogP contribution in [0.5, 0.6) is 0 Å². The Hall–Kier alpha value is -2.83. The lowest BCUT2D eigenvalue weighted by molar-refractivity contribution is 0.119. The SMILES string of the molecule is CC(CCc1cccc2cc[nH]c12)N[C@@H]1CCn2c(=O)[nH]c3cccc(c32)[C@H]1O. The second-order valence-corrected chi connectivity index (χ2v) is 8.13. The smallest absolute Gasteiger partial charge is 0.326 e. The van der Waals surface area contributed by atoms with Crippen molar-refractivity contribution >= 4 is 21.9 Å². The van der Waals surface area contributed by atoms with Gasteiger partial charge < -0.3 is 20.4 Å². The van der Waals surface area contributed by atoms with E-state index >= 15 is 0 Å². The zero-order valence-electron chi connectivity index (χ0n) is 16.5. The van der Waals surface area contributed by atoms with Crippen molar-refractivity contribution in [1.82, 2.24) is 19.9 Å². The van der Waals surface area contributed by atoms with Crippen molar-refractivity contribution < 1.29 is 5.11 Å². The Labute approximate surface area is 168 Å². The summed E-state index contributed by atoms with van der Waals surface area (Å²) < 4.78 is 1.76. The number of aryl methyl sites for hydroxylation is 2. The van der Waals surface area contributed by atoms with Gasteiger partial charge in [-0.25, -0.2) is 4.79 Å². The highest BCUT2D eigenvalue weighted by Crippen LogP contribution is 2.30. The van der Waals surface area contributed by atoms with Gasteiger partial charge in [-0.2, -0.15) is 0 Å². The van der Waals surface area contributed by atoms with Crippen LogP contribution in [0, 0.1) is 0 Å². The molecule has 0 saturated heterocycles. The van der Waals surface area contributed by atoms with Gasteiger partial charge in [0.25, 0.3) is 0 Å². The monoisotopic (exact) mass is 390 g/mol. The van der Waals surface area contributed by atoms with E-state index in [-0.39, 0.29) is 17.8 Å². The van der Waals surface area contributed by atoms with Crippen LogP contribution in [0.2, 0.25) is 0 Å². The number of benzene rings is 2. The number of nitrogens with one attached hydrogen (secondary N) is 3. The van der Waals surface area contributed by atoms with Gasteiger partial charge in [0, 0.05) is 35.9 Å². The molecule has 6 heteroatoms. The molecule has 5 rings (SSSR count). The molecule has 4 aromatic rings. The molecule has 0 amide bonds. The lowest BCUT2D eigenvalue weighted by Crippen LogP contribution is -2.41. The third-order valence-electron chi connectivity index (χ3n) is 6.21. The Morgan fingerprint density at radius 3 is 3.00 bits per heavy atom. The number of rotatable bonds is 5. The van der Waals surface area contributed by atoms with Crippen molar-refractivity contribution in [3.8, 4) is 0 Å². The largest absolute Gasteiger partial charge is 0.387 e. The second-order valence-electron chi connectivity index (χ2n) is 8.13. The summed E-state index contributed by atoms with van der Waals surface area (Å²) in [7, 11) is 0. The number of imidazole rings is 1. The van der Waals surface area contributed by atoms with Crippen LogP contribution in [0.25, 0.3) is 21.9 Å². The number of aliphatic hydroxyl groups is 1. The summed E-state index contributed by atoms with van der Waals surface area (Å²) in [4.78, 5) is 18.5. The maximum atomic E-state index is 12.3. The summed E-state index contributed by atoms with van der Waals surface area (Å²) in [6.45, 7) is 2.76. The molecule has 150 valence electrons. The average Bonchev–Trinajstić information content (AvgIpc) is 3.29. The van der Waals surface area contributed by atoms with E-state index in [1.807, 2.05) is 24.4 Å². The predicted octanol–water partition coefficient (Wildman–Crippen LogP) is 3.23. The first-order valence-electron chi connectivity index (χ1n) is 10.3. The molecule has 0 radical (unpaired) electrons. The molecular weight excluding hydrogens is 364 g/mol. The Morgan fingerprint density at radius 1 is 1.24 bits per heavy atom. The number of hydrogen-bond donors (Lipinski definition) is 4. The average molecular weight is 390 g/mol. The van der Waals surface area contributed by atoms with Gasteiger partial charge in [0.05, 0.1) is 17.1 Å². The maximum Gasteiger partial charge on any atom is 0.326 e. The highest BCUT2D eigenvalue weighted by molar-refractivity contribution is 5.82. The summed E-state index contributed by atoms with van der Waals surface area (Å²) >= 11 is 0. The van der Waals surface area contributed by atoms with Crippen molar-refractivity contribution in [3.63, 3.8) is 0 Å². The number of aliphatic hydroxyl groups excluding tert-OH is 1. The van der Waals surface area contributed by atoms with Gasteiger partial charge in [-0.3, -0.25) is 4.57 Å². The van der Waals surface area contributed by atoms with Gasteiger partial charge in [-0.05, 0) is 49.3 Å². The van der Waals surface area contributed by atoms with E-state index in [4.69, 9.17) is 0 Å². The molecule has 2 aromatic heterocycles. The normalized spacial score (nSPS) is 20.2. The van der Waals surface area contributed by atoms with Gasteiger partial charge in [-0.15, -0.1) is 0 Å². The van der Waals surface area contributed by atoms with Crippen LogP contribution in [0.4, 0.5) is 0 Å². The molecule has 4 N–H and O–H groups in total. The lowest BCUT2D eigenvalue weighted by atomic mass is 9.98. The molecule has 0 spiro atoms. The van der Waals surface area contributed by atoms with Crippen LogP contribution >= 0.6 is 0 Å². The van der Waals surface area contributed by atoms with Gasteiger partial charge in [0.15, 0.2) is 0 Å². The molecule has 1 aliphatic rings. The molecule has 6 nitrogen and oxygen atoms in total. The first-order valence-corrected chi connectivity index (χ1v) is 10.3. The zero-order valence-corrected chi connectivity index (χ0v) is 16.5. The number of H-pyrrole nitrogens is 2. The minimum atomic E-state index is -0.642. The first-order chi connectivity index (χ1) is 14.1. The Kier molecular flexibility index (Phi) is 4.53. The Morgan fingerprint density at radius 2 is 2.10 bits per heavy atom. The van der Waals surface area contributed by atoms with Crippen LogP contribution < -0.4 is 11.0 Å². The van der Waals surface area contributed by atoms with E-state index in [1.54, 1.807) is 4.57 Å². The highest BCUT2D eigenvalue weighted by Gasteiger charge is 2.29. The van der Waals surface area contributed by atoms with E-state index in [9.17, 15) is 9.90 Å². The zero-order chi connectivity index (χ0) is 20.0. The topological polar surface area (TPSA) is 85.8 Å². The summed E-state index contributed by atoms with van der Waals surface area (Å²) in [6, 6.07) is 14.4. The van der Waals surface area contributed by atoms with Gasteiger partial charge >= 0.3 is 5.69 Å². The lowest BCUT2D eigenvalue weighted by Gasteiger charge is -2.26. The van der Waals surface area contributed by atoms with Crippen LogP contribution in [0.15, 0.2) is 53.5 Å². The summed E-state index contributed by atoms with van der Waals surface area (Å²) in [5.74, 6) is 0. The van der Waals surface area contributed by atoms with Crippen LogP contribution in [0.3, 0.4) is 0 Å². The minimum absolute atomic E-state index is 0.0869. The maximum absolute atomic E-state index is 12.3. The standard InChI is InChI=1S/C23H26N4O2/c1-14(8-9-15-4-2-5-16-10-12-24-20(15)16)25-19-11-13-27-21-17(22(19)28)6-3-7-18(21)26-23(27)29/h2-7,10,12,14,19,22,24-25,28H,8-9,11,13H2,1H3,(H,26,29)/t14?,19-,22-/m1/s1. The van der Waals surface area contributed by atoms with Gasteiger partial charge in [-0.1, -0.05) is 30.3 Å². The number of fused-ring (bicyclic) bond motifs is 1. The molecular formula is C23H26N4O2. The van der Waals surface area contributed by atoms with E-state index < -0.39 is 6.10 Å². The fourth-order valence-corrected chi connectivity index (χ4v) is 4.70. The number of para-hydroxylation sites is 2. The fraction of sp³-hybridized carbons (Fsp3) is 0.348. The summed E-state index contributed by atoms with van der Waals surface area (Å²) in [5, 5.41) is 15.9. The Bertz CT molecular complexity index is 1220. The molecule has 0 bridgehead atoms. The number of aromatic nitrogens is 3. The molecule has 3 atom stereocenters. The summed E-state index contributed by atoms with van der Waals surface area (Å²) in [6.07, 6.45) is 3.98. The fourth-order valence-electron chi connectivity index (χ4n) is 4.70. The highest BCUT2D eigenvalue weighted by atomic mass is 16.3. The molecule has 2 aromatic carbocycles. The van der Waals surface area contributed by atoms with Gasteiger partial charge in [0.1, 0.15) is 0 Å². The van der Waals surface area contributed by atoms with E-state index in [0.717, 1.165) is 29.4 Å². The molecule has 0 saturated carbocycles. The van der Waals surface area contributed by atoms with Gasteiger partial charge in [0.2, 0.25) is 0 Å². The predicted molar refractivity (Wildman–Crippen MR) is 115 cm³/mol. The molecule has 29 heavy (non-hydrogen) atoms. The van der Waals surface area contributed by atoms with Crippen LogP contribution in [0.1, 0.15) is 37.0 Å². The molecule has 1 unspecified atom stereocenters. The number of nitrogens with zero attached hydrogens (tertiary/aromatic N) is 1. The van der Waals surface area contributed by atoms with E-state index in [0.29, 0.717) is 13.0 Å². The first kappa shape index (κ1) is 18.2. The van der Waals surface area contributed by atoms with Crippen molar-refractivity contribution in [1.29, 1.82) is 0 Å². The third-order valence-corrected chi connectivity index (χ3v) is 6.21. The Balaban J connectivity index is 1.31. The summed E-state index contributed by atoms with van der Waals surface area (Å²) in [5.41, 5.74) is 4.86. The van der Waals surface area contributed by atoms with Crippen LogP contribution in [-0.2, 0) is 13.0 Å². The quantitative estimate of drug-likeness (QED) is 0.422. The molecule has 0 aliphatic carbocycles. The van der Waals surface area contributed by atoms with Crippen molar-refractivity contribution in [3.05, 3.63) is 70.3 Å². The van der Waals surface area contributed by atoms with Crippen molar-refractivity contribution in [2.75, 3.05) is 0 Å². The number of aromatic amines is 2. The molecule has 1 aliphatic heterocycles. The minimum Gasteiger partial charge on any atom is -0.387 e. The van der Waals surface area contributed by atoms with E-state index in [1.165, 1.54) is 16.5 Å². The second kappa shape index (κ2) is 7.21. The van der Waals surface area contributed by atoms with Crippen molar-refractivity contribution in [2.24, 2.45) is 0 Å².